The molecule has 0 bridgehead atoms. The first kappa shape index (κ1) is 19.5. The summed E-state index contributed by atoms with van der Waals surface area (Å²) in [5.41, 5.74) is 1.86. The van der Waals surface area contributed by atoms with Crippen LogP contribution in [0.1, 0.15) is 21.5 Å². The minimum absolute atomic E-state index is 0.0797. The second-order valence-electron chi connectivity index (χ2n) is 7.14. The molecule has 0 aliphatic rings. The van der Waals surface area contributed by atoms with Crippen molar-refractivity contribution in [2.24, 2.45) is 0 Å². The molecule has 0 spiro atoms. The van der Waals surface area contributed by atoms with Gasteiger partial charge in [0.2, 0.25) is 0 Å². The van der Waals surface area contributed by atoms with E-state index in [1.54, 1.807) is 37.5 Å². The topological polar surface area (TPSA) is 55.2 Å². The van der Waals surface area contributed by atoms with Crippen LogP contribution in [0.2, 0.25) is 0 Å². The van der Waals surface area contributed by atoms with E-state index in [1.165, 1.54) is 21.6 Å². The molecule has 0 aliphatic heterocycles. The maximum absolute atomic E-state index is 13.3. The van der Waals surface area contributed by atoms with E-state index in [4.69, 9.17) is 0 Å². The average Bonchev–Trinajstić information content (AvgIpc) is 2.77. The highest BCUT2D eigenvalue weighted by Crippen LogP contribution is 2.15. The Hall–Kier alpha value is -3.80. The van der Waals surface area contributed by atoms with Gasteiger partial charge >= 0.3 is 0 Å². The van der Waals surface area contributed by atoms with Crippen molar-refractivity contribution in [3.8, 4) is 0 Å². The number of rotatable bonds is 5. The molecule has 2 aromatic heterocycles. The van der Waals surface area contributed by atoms with Crippen LogP contribution >= 0.6 is 0 Å². The number of carbonyl (C=O) groups is 1. The summed E-state index contributed by atoms with van der Waals surface area (Å²) in [5.74, 6) is -0.706. The molecule has 4 rings (SSSR count). The van der Waals surface area contributed by atoms with Gasteiger partial charge in [-0.25, -0.2) is 9.37 Å². The highest BCUT2D eigenvalue weighted by Gasteiger charge is 2.20. The van der Waals surface area contributed by atoms with Crippen LogP contribution in [0.15, 0.2) is 83.8 Å². The molecule has 0 saturated heterocycles. The first-order chi connectivity index (χ1) is 14.5. The number of fused-ring (bicyclic) bond motifs is 1. The molecular formula is C24H20FN3O2. The quantitative estimate of drug-likeness (QED) is 0.510. The van der Waals surface area contributed by atoms with Gasteiger partial charge in [0.1, 0.15) is 17.0 Å². The van der Waals surface area contributed by atoms with Crippen molar-refractivity contribution in [1.29, 1.82) is 0 Å². The molecule has 5 nitrogen and oxygen atoms in total. The Morgan fingerprint density at radius 1 is 1.00 bits per heavy atom. The van der Waals surface area contributed by atoms with Gasteiger partial charge in [0.15, 0.2) is 0 Å². The predicted molar refractivity (Wildman–Crippen MR) is 114 cm³/mol. The van der Waals surface area contributed by atoms with Gasteiger partial charge in [-0.1, -0.05) is 42.5 Å². The predicted octanol–water partition coefficient (Wildman–Crippen LogP) is 3.86. The van der Waals surface area contributed by atoms with Gasteiger partial charge in [-0.15, -0.1) is 0 Å². The monoisotopic (exact) mass is 401 g/mol. The normalized spacial score (nSPS) is 10.9. The van der Waals surface area contributed by atoms with E-state index in [-0.39, 0.29) is 23.8 Å². The lowest BCUT2D eigenvalue weighted by molar-refractivity contribution is 0.0783. The maximum Gasteiger partial charge on any atom is 0.265 e. The lowest BCUT2D eigenvalue weighted by Crippen LogP contribution is -2.34. The lowest BCUT2D eigenvalue weighted by Gasteiger charge is -2.18. The van der Waals surface area contributed by atoms with E-state index in [1.807, 2.05) is 36.4 Å². The van der Waals surface area contributed by atoms with Crippen LogP contribution in [0, 0.1) is 5.82 Å². The van der Waals surface area contributed by atoms with Gasteiger partial charge < -0.3 is 4.90 Å². The number of hydrogen-bond acceptors (Lipinski definition) is 3. The number of aromatic nitrogens is 2. The molecule has 0 atom stereocenters. The summed E-state index contributed by atoms with van der Waals surface area (Å²) in [5, 5.41) is 0.690. The van der Waals surface area contributed by atoms with Gasteiger partial charge in [-0.3, -0.25) is 14.2 Å². The minimum Gasteiger partial charge on any atom is -0.337 e. The number of carbonyl (C=O) groups excluding carboxylic acids is 1. The second-order valence-corrected chi connectivity index (χ2v) is 7.14. The van der Waals surface area contributed by atoms with Crippen molar-refractivity contribution >= 4 is 16.9 Å². The number of benzene rings is 2. The van der Waals surface area contributed by atoms with E-state index >= 15 is 0 Å². The van der Waals surface area contributed by atoms with Crippen molar-refractivity contribution in [2.75, 3.05) is 7.05 Å². The fraction of sp³-hybridized carbons (Fsp3) is 0.125. The maximum atomic E-state index is 13.3. The third-order valence-corrected chi connectivity index (χ3v) is 4.94. The lowest BCUT2D eigenvalue weighted by atomic mass is 10.1. The number of pyridine rings is 2. The zero-order chi connectivity index (χ0) is 21.1. The molecule has 0 unspecified atom stereocenters. The van der Waals surface area contributed by atoms with Crippen LogP contribution in [0.3, 0.4) is 0 Å². The number of amides is 1. The summed E-state index contributed by atoms with van der Waals surface area (Å²) in [4.78, 5) is 32.2. The number of nitrogens with zero attached hydrogens (tertiary/aromatic N) is 3. The smallest absolute Gasteiger partial charge is 0.265 e. The Bertz CT molecular complexity index is 1250. The van der Waals surface area contributed by atoms with Crippen molar-refractivity contribution in [2.45, 2.75) is 13.1 Å². The molecular weight excluding hydrogens is 381 g/mol. The van der Waals surface area contributed by atoms with Crippen molar-refractivity contribution in [1.82, 2.24) is 14.5 Å². The molecule has 1 amide bonds. The highest BCUT2D eigenvalue weighted by atomic mass is 19.1. The largest absolute Gasteiger partial charge is 0.337 e. The molecule has 0 aliphatic carbocycles. The molecule has 2 aromatic carbocycles. The summed E-state index contributed by atoms with van der Waals surface area (Å²) in [6.07, 6.45) is 1.60. The highest BCUT2D eigenvalue weighted by molar-refractivity contribution is 5.96. The minimum atomic E-state index is -0.421. The van der Waals surface area contributed by atoms with Gasteiger partial charge in [0, 0.05) is 25.2 Å². The fourth-order valence-corrected chi connectivity index (χ4v) is 3.41. The van der Waals surface area contributed by atoms with E-state index in [2.05, 4.69) is 4.98 Å². The van der Waals surface area contributed by atoms with E-state index < -0.39 is 5.56 Å². The van der Waals surface area contributed by atoms with Crippen LogP contribution in [-0.2, 0) is 13.1 Å². The van der Waals surface area contributed by atoms with Crippen LogP contribution in [0.4, 0.5) is 4.39 Å². The number of halogens is 1. The van der Waals surface area contributed by atoms with Crippen LogP contribution in [0.5, 0.6) is 0 Å². The molecule has 0 saturated carbocycles. The first-order valence-corrected chi connectivity index (χ1v) is 9.55. The molecule has 150 valence electrons. The summed E-state index contributed by atoms with van der Waals surface area (Å²) in [6, 6.07) is 20.7. The third-order valence-electron chi connectivity index (χ3n) is 4.94. The molecule has 30 heavy (non-hydrogen) atoms. The molecule has 0 radical (unpaired) electrons. The van der Waals surface area contributed by atoms with Crippen LogP contribution < -0.4 is 5.56 Å². The second kappa shape index (κ2) is 8.29. The Morgan fingerprint density at radius 3 is 2.47 bits per heavy atom. The van der Waals surface area contributed by atoms with Gasteiger partial charge in [-0.2, -0.15) is 0 Å². The van der Waals surface area contributed by atoms with Gasteiger partial charge in [0.25, 0.3) is 11.5 Å². The zero-order valence-electron chi connectivity index (χ0n) is 16.5. The van der Waals surface area contributed by atoms with Gasteiger partial charge in [-0.05, 0) is 41.5 Å². The molecule has 4 aromatic rings. The third kappa shape index (κ3) is 3.98. The summed E-state index contributed by atoms with van der Waals surface area (Å²) < 4.78 is 14.7. The Kier molecular flexibility index (Phi) is 5.39. The van der Waals surface area contributed by atoms with Crippen molar-refractivity contribution < 1.29 is 9.18 Å². The summed E-state index contributed by atoms with van der Waals surface area (Å²) in [6.45, 7) is 0.582. The van der Waals surface area contributed by atoms with Crippen molar-refractivity contribution in [3.05, 3.63) is 112 Å². The van der Waals surface area contributed by atoms with E-state index in [0.717, 1.165) is 11.1 Å². The van der Waals surface area contributed by atoms with E-state index in [0.29, 0.717) is 17.6 Å². The molecule has 2 heterocycles. The fourth-order valence-electron chi connectivity index (χ4n) is 3.41. The molecule has 0 fully saturated rings. The Balaban J connectivity index is 1.75. The Labute approximate surface area is 173 Å². The van der Waals surface area contributed by atoms with Crippen LogP contribution in [-0.4, -0.2) is 27.4 Å². The van der Waals surface area contributed by atoms with E-state index in [9.17, 15) is 14.0 Å². The summed E-state index contributed by atoms with van der Waals surface area (Å²) >= 11 is 0. The standard InChI is InChI=1S/C24H20FN3O2/c1-27(15-17-6-3-2-4-7-17)23(29)21-14-19-8-5-13-26-22(19)28(24(21)30)16-18-9-11-20(25)12-10-18/h2-14H,15-16H2,1H3. The SMILES string of the molecule is CN(Cc1ccccc1)C(=O)c1cc2cccnc2n(Cc2ccc(F)cc2)c1=O. The number of hydrogen-bond donors (Lipinski definition) is 0. The van der Waals surface area contributed by atoms with Crippen molar-refractivity contribution in [3.63, 3.8) is 0 Å². The summed E-state index contributed by atoms with van der Waals surface area (Å²) in [7, 11) is 1.67. The first-order valence-electron chi connectivity index (χ1n) is 9.55. The Morgan fingerprint density at radius 2 is 1.73 bits per heavy atom. The zero-order valence-corrected chi connectivity index (χ0v) is 16.5. The molecule has 6 heteroatoms. The molecule has 0 N–H and O–H groups in total. The van der Waals surface area contributed by atoms with Crippen LogP contribution in [0.25, 0.3) is 11.0 Å². The average molecular weight is 401 g/mol. The van der Waals surface area contributed by atoms with Gasteiger partial charge in [0.05, 0.1) is 6.54 Å².